The number of carbonyl (C=O) groups is 1. The van der Waals surface area contributed by atoms with Crippen LogP contribution < -0.4 is 4.74 Å². The third kappa shape index (κ3) is 4.94. The lowest BCUT2D eigenvalue weighted by Crippen LogP contribution is -2.29. The van der Waals surface area contributed by atoms with Crippen LogP contribution in [0, 0.1) is 18.6 Å². The third-order valence-electron chi connectivity index (χ3n) is 5.23. The molecule has 0 saturated heterocycles. The highest BCUT2D eigenvalue weighted by atomic mass is 19.1. The van der Waals surface area contributed by atoms with E-state index in [2.05, 4.69) is 26.6 Å². The van der Waals surface area contributed by atoms with Gasteiger partial charge in [0.2, 0.25) is 5.88 Å². The number of nitrogens with zero attached hydrogens (tertiary/aromatic N) is 6. The molecule has 1 atom stereocenters. The van der Waals surface area contributed by atoms with E-state index in [-0.39, 0.29) is 11.1 Å². The number of halogens is 2. The second-order valence-corrected chi connectivity index (χ2v) is 7.56. The Labute approximate surface area is 189 Å². The van der Waals surface area contributed by atoms with Crippen molar-refractivity contribution in [3.63, 3.8) is 0 Å². The first-order valence-electron chi connectivity index (χ1n) is 10.4. The molecule has 1 aliphatic heterocycles. The lowest BCUT2D eigenvalue weighted by molar-refractivity contribution is -0.129. The standard InChI is InChI=1S/C23H22F2N6O2/c1-15(4-3-9-33-22-13-27-21(12-28-22)30-8-7-26-14-30)23(32)31-20(5-6-29-31)17-11-18(24)16(2)10-19(17)25/h6-8,10-14,20H,1,3-5,9H2,2H3. The molecule has 2 aromatic heterocycles. The zero-order valence-corrected chi connectivity index (χ0v) is 18.0. The summed E-state index contributed by atoms with van der Waals surface area (Å²) in [5.74, 6) is -0.552. The number of hydrogen-bond acceptors (Lipinski definition) is 6. The minimum absolute atomic E-state index is 0.0952. The summed E-state index contributed by atoms with van der Waals surface area (Å²) in [5.41, 5.74) is 0.605. The van der Waals surface area contributed by atoms with E-state index in [0.29, 0.717) is 43.1 Å². The fourth-order valence-corrected chi connectivity index (χ4v) is 3.43. The van der Waals surface area contributed by atoms with Gasteiger partial charge in [0.15, 0.2) is 5.82 Å². The van der Waals surface area contributed by atoms with Crippen molar-refractivity contribution >= 4 is 12.1 Å². The quantitative estimate of drug-likeness (QED) is 0.382. The lowest BCUT2D eigenvalue weighted by atomic mass is 10.0. The molecular formula is C23H22F2N6O2. The molecule has 1 unspecified atom stereocenters. The average Bonchev–Trinajstić information content (AvgIpc) is 3.51. The smallest absolute Gasteiger partial charge is 0.269 e. The van der Waals surface area contributed by atoms with Crippen molar-refractivity contribution in [1.82, 2.24) is 24.5 Å². The third-order valence-corrected chi connectivity index (χ3v) is 5.23. The number of rotatable bonds is 8. The van der Waals surface area contributed by atoms with Gasteiger partial charge in [0.25, 0.3) is 5.91 Å². The molecule has 0 fully saturated rings. The van der Waals surface area contributed by atoms with Crippen LogP contribution in [0.25, 0.3) is 5.82 Å². The first kappa shape index (κ1) is 22.3. The molecule has 3 aromatic rings. The fraction of sp³-hybridized carbons (Fsp3) is 0.261. The minimum Gasteiger partial charge on any atom is -0.477 e. The summed E-state index contributed by atoms with van der Waals surface area (Å²) in [4.78, 5) is 25.2. The van der Waals surface area contributed by atoms with E-state index >= 15 is 0 Å². The average molecular weight is 452 g/mol. The first-order chi connectivity index (χ1) is 15.9. The highest BCUT2D eigenvalue weighted by Crippen LogP contribution is 2.32. The first-order valence-corrected chi connectivity index (χ1v) is 10.4. The van der Waals surface area contributed by atoms with Crippen molar-refractivity contribution in [3.8, 4) is 11.7 Å². The number of benzene rings is 1. The Morgan fingerprint density at radius 1 is 1.24 bits per heavy atom. The molecule has 0 saturated carbocycles. The van der Waals surface area contributed by atoms with Crippen molar-refractivity contribution in [2.24, 2.45) is 5.10 Å². The molecule has 33 heavy (non-hydrogen) atoms. The molecule has 3 heterocycles. The zero-order valence-electron chi connectivity index (χ0n) is 18.0. The van der Waals surface area contributed by atoms with Gasteiger partial charge in [-0.05, 0) is 37.5 Å². The van der Waals surface area contributed by atoms with E-state index in [1.165, 1.54) is 19.3 Å². The molecule has 1 amide bonds. The maximum atomic E-state index is 14.4. The summed E-state index contributed by atoms with van der Waals surface area (Å²) in [5, 5.41) is 5.23. The van der Waals surface area contributed by atoms with Crippen LogP contribution in [0.15, 0.2) is 60.5 Å². The van der Waals surface area contributed by atoms with Gasteiger partial charge in [-0.2, -0.15) is 5.10 Å². The van der Waals surface area contributed by atoms with Crippen LogP contribution in [0.4, 0.5) is 8.78 Å². The lowest BCUT2D eigenvalue weighted by Gasteiger charge is -2.23. The molecule has 0 aliphatic carbocycles. The number of carbonyl (C=O) groups excluding carboxylic acids is 1. The van der Waals surface area contributed by atoms with Crippen molar-refractivity contribution in [2.75, 3.05) is 6.61 Å². The summed E-state index contributed by atoms with van der Waals surface area (Å²) in [7, 11) is 0. The van der Waals surface area contributed by atoms with Gasteiger partial charge in [-0.1, -0.05) is 6.58 Å². The Bertz CT molecular complexity index is 1180. The molecule has 0 bridgehead atoms. The van der Waals surface area contributed by atoms with Crippen LogP contribution in [0.2, 0.25) is 0 Å². The molecular weight excluding hydrogens is 430 g/mol. The fourth-order valence-electron chi connectivity index (χ4n) is 3.43. The molecule has 10 heteroatoms. The minimum atomic E-state index is -0.704. The molecule has 1 aromatic carbocycles. The number of aryl methyl sites for hydroxylation is 1. The maximum Gasteiger partial charge on any atom is 0.269 e. The highest BCUT2D eigenvalue weighted by Gasteiger charge is 2.31. The Morgan fingerprint density at radius 3 is 2.82 bits per heavy atom. The molecule has 1 aliphatic rings. The molecule has 0 radical (unpaired) electrons. The van der Waals surface area contributed by atoms with E-state index in [9.17, 15) is 13.6 Å². The van der Waals surface area contributed by atoms with Crippen LogP contribution in [0.3, 0.4) is 0 Å². The van der Waals surface area contributed by atoms with Crippen LogP contribution in [0.5, 0.6) is 5.88 Å². The Hall–Kier alpha value is -3.95. The van der Waals surface area contributed by atoms with Gasteiger partial charge in [-0.25, -0.2) is 28.7 Å². The van der Waals surface area contributed by atoms with E-state index in [4.69, 9.17) is 4.74 Å². The summed E-state index contributed by atoms with van der Waals surface area (Å²) in [6, 6.07) is 1.55. The van der Waals surface area contributed by atoms with Crippen molar-refractivity contribution in [2.45, 2.75) is 32.2 Å². The molecule has 170 valence electrons. The number of hydrogen-bond donors (Lipinski definition) is 0. The van der Waals surface area contributed by atoms with E-state index < -0.39 is 23.6 Å². The number of amides is 1. The van der Waals surface area contributed by atoms with E-state index in [0.717, 1.165) is 17.1 Å². The largest absolute Gasteiger partial charge is 0.477 e. The van der Waals surface area contributed by atoms with E-state index in [1.807, 2.05) is 0 Å². The van der Waals surface area contributed by atoms with Gasteiger partial charge in [0.1, 0.15) is 18.0 Å². The number of hydrazone groups is 1. The predicted molar refractivity (Wildman–Crippen MR) is 117 cm³/mol. The summed E-state index contributed by atoms with van der Waals surface area (Å²) in [6.07, 6.45) is 10.8. The van der Waals surface area contributed by atoms with Crippen LogP contribution in [-0.2, 0) is 4.79 Å². The Kier molecular flexibility index (Phi) is 6.53. The van der Waals surface area contributed by atoms with Crippen molar-refractivity contribution in [1.29, 1.82) is 0 Å². The predicted octanol–water partition coefficient (Wildman–Crippen LogP) is 3.92. The second-order valence-electron chi connectivity index (χ2n) is 7.56. The summed E-state index contributed by atoms with van der Waals surface area (Å²) >= 11 is 0. The number of imidazole rings is 1. The van der Waals surface area contributed by atoms with Crippen molar-refractivity contribution < 1.29 is 18.3 Å². The van der Waals surface area contributed by atoms with Crippen LogP contribution in [0.1, 0.15) is 36.4 Å². The van der Waals surface area contributed by atoms with Gasteiger partial charge in [0.05, 0.1) is 25.0 Å². The molecule has 8 nitrogen and oxygen atoms in total. The summed E-state index contributed by atoms with van der Waals surface area (Å²) < 4.78 is 35.7. The maximum absolute atomic E-state index is 14.4. The zero-order chi connectivity index (χ0) is 23.4. The molecule has 0 N–H and O–H groups in total. The van der Waals surface area contributed by atoms with Gasteiger partial charge >= 0.3 is 0 Å². The van der Waals surface area contributed by atoms with Crippen LogP contribution in [-0.4, -0.2) is 43.3 Å². The Balaban J connectivity index is 1.29. The summed E-state index contributed by atoms with van der Waals surface area (Å²) in [6.45, 7) is 5.63. The molecule has 0 spiro atoms. The molecule has 4 rings (SSSR count). The van der Waals surface area contributed by atoms with Gasteiger partial charge in [-0.3, -0.25) is 9.36 Å². The van der Waals surface area contributed by atoms with Gasteiger partial charge in [0, 0.05) is 36.2 Å². The Morgan fingerprint density at radius 2 is 2.09 bits per heavy atom. The number of ether oxygens (including phenoxy) is 1. The van der Waals surface area contributed by atoms with E-state index in [1.54, 1.807) is 29.5 Å². The van der Waals surface area contributed by atoms with Gasteiger partial charge in [-0.15, -0.1) is 0 Å². The van der Waals surface area contributed by atoms with Crippen LogP contribution >= 0.6 is 0 Å². The second kappa shape index (κ2) is 9.68. The number of aromatic nitrogens is 4. The topological polar surface area (TPSA) is 85.5 Å². The highest BCUT2D eigenvalue weighted by molar-refractivity contribution is 5.94. The normalized spacial score (nSPS) is 15.1. The van der Waals surface area contributed by atoms with Gasteiger partial charge < -0.3 is 4.74 Å². The monoisotopic (exact) mass is 452 g/mol. The van der Waals surface area contributed by atoms with Crippen molar-refractivity contribution in [3.05, 3.63) is 78.2 Å². The SMILES string of the molecule is C=C(CCCOc1cnc(-n2ccnc2)cn1)C(=O)N1N=CCC1c1cc(F)c(C)cc1F.